The lowest BCUT2D eigenvalue weighted by Gasteiger charge is -2.46. The first-order valence-electron chi connectivity index (χ1n) is 9.66. The zero-order chi connectivity index (χ0) is 21.6. The van der Waals surface area contributed by atoms with Gasteiger partial charge < -0.3 is 49.6 Å². The normalized spacial score (nSPS) is 43.4. The van der Waals surface area contributed by atoms with Crippen molar-refractivity contribution >= 4 is 25.3 Å². The second-order valence-corrected chi connectivity index (χ2v) is 7.97. The van der Waals surface area contributed by atoms with Crippen LogP contribution in [0.25, 0.3) is 0 Å². The molecule has 0 aliphatic carbocycles. The Kier molecular flexibility index (Phi) is 10.9. The van der Waals surface area contributed by atoms with E-state index in [0.717, 1.165) is 25.0 Å². The number of thiol groups is 2. The SMILES string of the molecule is OCC1OC(OCCCCCS)C(O)C(O)C1OC1OC(CS)C(O)C(O)C1O. The van der Waals surface area contributed by atoms with Crippen LogP contribution >= 0.6 is 25.3 Å². The van der Waals surface area contributed by atoms with E-state index in [1.165, 1.54) is 0 Å². The Balaban J connectivity index is 1.98. The van der Waals surface area contributed by atoms with Gasteiger partial charge in [0.05, 0.1) is 12.7 Å². The van der Waals surface area contributed by atoms with Gasteiger partial charge in [0.25, 0.3) is 0 Å². The molecule has 0 radical (unpaired) electrons. The molecule has 12 heteroatoms. The van der Waals surface area contributed by atoms with Crippen molar-refractivity contribution in [1.82, 2.24) is 0 Å². The minimum atomic E-state index is -1.62. The molecule has 10 nitrogen and oxygen atoms in total. The molecule has 0 amide bonds. The molecule has 10 unspecified atom stereocenters. The Morgan fingerprint density at radius 1 is 0.724 bits per heavy atom. The van der Waals surface area contributed by atoms with Crippen LogP contribution in [0.2, 0.25) is 0 Å². The topological polar surface area (TPSA) is 158 Å². The Morgan fingerprint density at radius 2 is 1.38 bits per heavy atom. The van der Waals surface area contributed by atoms with Crippen molar-refractivity contribution in [3.05, 3.63) is 0 Å². The van der Waals surface area contributed by atoms with Crippen molar-refractivity contribution < 1.29 is 49.6 Å². The number of hydrogen-bond donors (Lipinski definition) is 8. The summed E-state index contributed by atoms with van der Waals surface area (Å²) >= 11 is 8.15. The zero-order valence-corrected chi connectivity index (χ0v) is 17.7. The van der Waals surface area contributed by atoms with E-state index in [1.807, 2.05) is 0 Å². The van der Waals surface area contributed by atoms with Crippen molar-refractivity contribution in [1.29, 1.82) is 0 Å². The Morgan fingerprint density at radius 3 is 2.00 bits per heavy atom. The highest BCUT2D eigenvalue weighted by Gasteiger charge is 2.50. The van der Waals surface area contributed by atoms with Crippen molar-refractivity contribution in [3.8, 4) is 0 Å². The standard InChI is InChI=1S/C17H32O10S2/c18-6-8-15(27-17-13(22)11(20)10(19)9(7-29)26-17)12(21)14(23)16(25-8)24-4-2-1-3-5-28/h8-23,28-29H,1-7H2. The molecule has 0 aromatic carbocycles. The molecule has 172 valence electrons. The van der Waals surface area contributed by atoms with Crippen LogP contribution in [0, 0.1) is 0 Å². The summed E-state index contributed by atoms with van der Waals surface area (Å²) in [6, 6.07) is 0. The van der Waals surface area contributed by atoms with E-state index >= 15 is 0 Å². The molecule has 2 aliphatic heterocycles. The second kappa shape index (κ2) is 12.4. The van der Waals surface area contributed by atoms with E-state index in [9.17, 15) is 30.6 Å². The molecule has 2 rings (SSSR count). The molecule has 2 heterocycles. The van der Waals surface area contributed by atoms with Crippen molar-refractivity contribution in [2.45, 2.75) is 80.7 Å². The van der Waals surface area contributed by atoms with E-state index in [2.05, 4.69) is 25.3 Å². The average molecular weight is 461 g/mol. The van der Waals surface area contributed by atoms with E-state index in [4.69, 9.17) is 18.9 Å². The Bertz CT molecular complexity index is 471. The lowest BCUT2D eigenvalue weighted by molar-refractivity contribution is -0.356. The monoisotopic (exact) mass is 460 g/mol. The van der Waals surface area contributed by atoms with E-state index < -0.39 is 68.0 Å². The van der Waals surface area contributed by atoms with Gasteiger partial charge in [-0.2, -0.15) is 25.3 Å². The van der Waals surface area contributed by atoms with Gasteiger partial charge in [-0.05, 0) is 18.6 Å². The number of rotatable bonds is 10. The summed E-state index contributed by atoms with van der Waals surface area (Å²) in [4.78, 5) is 0. The molecule has 2 aliphatic rings. The fourth-order valence-corrected chi connectivity index (χ4v) is 3.81. The summed E-state index contributed by atoms with van der Waals surface area (Å²) in [6.45, 7) is -0.262. The number of hydrogen-bond acceptors (Lipinski definition) is 12. The number of unbranched alkanes of at least 4 members (excludes halogenated alkanes) is 2. The van der Waals surface area contributed by atoms with Crippen LogP contribution in [0.3, 0.4) is 0 Å². The summed E-state index contributed by atoms with van der Waals surface area (Å²) in [5.74, 6) is 0.811. The van der Waals surface area contributed by atoms with Crippen LogP contribution < -0.4 is 0 Å². The van der Waals surface area contributed by atoms with Crippen LogP contribution in [0.4, 0.5) is 0 Å². The quantitative estimate of drug-likeness (QED) is 0.131. The van der Waals surface area contributed by atoms with Gasteiger partial charge in [0.2, 0.25) is 0 Å². The summed E-state index contributed by atoms with van der Waals surface area (Å²) in [5, 5.41) is 60.5. The van der Waals surface area contributed by atoms with Crippen molar-refractivity contribution in [2.24, 2.45) is 0 Å². The van der Waals surface area contributed by atoms with Gasteiger partial charge in [-0.3, -0.25) is 0 Å². The predicted molar refractivity (Wildman–Crippen MR) is 107 cm³/mol. The minimum Gasteiger partial charge on any atom is -0.394 e. The molecule has 2 fully saturated rings. The molecule has 0 spiro atoms. The third-order valence-corrected chi connectivity index (χ3v) is 5.72. The second-order valence-electron chi connectivity index (χ2n) is 7.16. The third-order valence-electron chi connectivity index (χ3n) is 5.04. The number of aliphatic hydroxyl groups excluding tert-OH is 6. The molecule has 2 saturated heterocycles. The maximum absolute atomic E-state index is 10.5. The molecule has 10 atom stereocenters. The lowest BCUT2D eigenvalue weighted by atomic mass is 9.97. The van der Waals surface area contributed by atoms with E-state index in [0.29, 0.717) is 6.61 Å². The third kappa shape index (κ3) is 6.40. The van der Waals surface area contributed by atoms with Crippen molar-refractivity contribution in [2.75, 3.05) is 24.7 Å². The van der Waals surface area contributed by atoms with E-state index in [-0.39, 0.29) is 5.75 Å². The fraction of sp³-hybridized carbons (Fsp3) is 1.00. The Labute approximate surface area is 180 Å². The largest absolute Gasteiger partial charge is 0.394 e. The summed E-state index contributed by atoms with van der Waals surface area (Å²) in [7, 11) is 0. The molecule has 0 aromatic rings. The maximum atomic E-state index is 10.5. The Hall–Kier alpha value is 0.300. The number of aliphatic hydroxyl groups is 6. The minimum absolute atomic E-state index is 0.0454. The van der Waals surface area contributed by atoms with Gasteiger partial charge in [0.15, 0.2) is 12.6 Å². The zero-order valence-electron chi connectivity index (χ0n) is 15.9. The molecule has 0 bridgehead atoms. The lowest BCUT2D eigenvalue weighted by Crippen LogP contribution is -2.64. The van der Waals surface area contributed by atoms with Gasteiger partial charge in [0, 0.05) is 12.4 Å². The van der Waals surface area contributed by atoms with Crippen LogP contribution in [0.1, 0.15) is 19.3 Å². The van der Waals surface area contributed by atoms with Gasteiger partial charge in [-0.25, -0.2) is 0 Å². The predicted octanol–water partition coefficient (Wildman–Crippen LogP) is -2.34. The highest BCUT2D eigenvalue weighted by molar-refractivity contribution is 7.80. The molecule has 6 N–H and O–H groups in total. The molecular weight excluding hydrogens is 428 g/mol. The molecule has 0 aromatic heterocycles. The van der Waals surface area contributed by atoms with Crippen LogP contribution in [0.15, 0.2) is 0 Å². The van der Waals surface area contributed by atoms with Gasteiger partial charge in [0.1, 0.15) is 42.7 Å². The summed E-state index contributed by atoms with van der Waals surface area (Å²) < 4.78 is 22.0. The first-order valence-corrected chi connectivity index (χ1v) is 10.9. The van der Waals surface area contributed by atoms with Crippen LogP contribution in [-0.4, -0.2) is 117 Å². The van der Waals surface area contributed by atoms with Gasteiger partial charge >= 0.3 is 0 Å². The average Bonchev–Trinajstić information content (AvgIpc) is 2.72. The smallest absolute Gasteiger partial charge is 0.187 e. The molecular formula is C17H32O10S2. The first-order chi connectivity index (χ1) is 13.8. The van der Waals surface area contributed by atoms with Gasteiger partial charge in [-0.1, -0.05) is 6.42 Å². The van der Waals surface area contributed by atoms with Crippen molar-refractivity contribution in [3.63, 3.8) is 0 Å². The molecule has 0 saturated carbocycles. The first kappa shape index (κ1) is 25.6. The van der Waals surface area contributed by atoms with Gasteiger partial charge in [-0.15, -0.1) is 0 Å². The fourth-order valence-electron chi connectivity index (χ4n) is 3.28. The highest BCUT2D eigenvalue weighted by atomic mass is 32.1. The van der Waals surface area contributed by atoms with Crippen LogP contribution in [-0.2, 0) is 18.9 Å². The van der Waals surface area contributed by atoms with E-state index in [1.54, 1.807) is 0 Å². The molecule has 29 heavy (non-hydrogen) atoms. The highest BCUT2D eigenvalue weighted by Crippen LogP contribution is 2.29. The maximum Gasteiger partial charge on any atom is 0.187 e. The summed E-state index contributed by atoms with van der Waals surface area (Å²) in [6.07, 6.45) is -10.9. The summed E-state index contributed by atoms with van der Waals surface area (Å²) in [5.41, 5.74) is 0. The number of ether oxygens (including phenoxy) is 4. The van der Waals surface area contributed by atoms with Crippen LogP contribution in [0.5, 0.6) is 0 Å².